The number of fused-ring (bicyclic) bond motifs is 2. The molecule has 4 aromatic rings. The lowest BCUT2D eigenvalue weighted by atomic mass is 9.92. The van der Waals surface area contributed by atoms with Gasteiger partial charge in [-0.1, -0.05) is 0 Å². The third kappa shape index (κ3) is 3.51. The maximum absolute atomic E-state index is 13.3. The van der Waals surface area contributed by atoms with E-state index < -0.39 is 17.5 Å². The largest absolute Gasteiger partial charge is 0.456 e. The Hall–Kier alpha value is -3.94. The highest BCUT2D eigenvalue weighted by Gasteiger charge is 2.52. The first kappa shape index (κ1) is 21.6. The first-order valence-corrected chi connectivity index (χ1v) is 11.6. The second-order valence-corrected chi connectivity index (χ2v) is 8.80. The van der Waals surface area contributed by atoms with Gasteiger partial charge in [0.2, 0.25) is 0 Å². The number of nitrogens with one attached hydrogen (secondary N) is 3. The lowest BCUT2D eigenvalue weighted by molar-refractivity contribution is -0.125. The molecule has 0 aliphatic carbocycles. The zero-order valence-electron chi connectivity index (χ0n) is 18.0. The van der Waals surface area contributed by atoms with E-state index in [1.807, 2.05) is 6.07 Å². The molecule has 12 heteroatoms. The number of hydrogen-bond acceptors (Lipinski definition) is 7. The molecule has 2 aliphatic heterocycles. The van der Waals surface area contributed by atoms with Crippen molar-refractivity contribution >= 4 is 52.0 Å². The average Bonchev–Trinajstić information content (AvgIpc) is 3.60. The molecule has 3 aromatic heterocycles. The maximum atomic E-state index is 13.3. The van der Waals surface area contributed by atoms with E-state index in [0.29, 0.717) is 41.1 Å². The molecule has 5 heterocycles. The van der Waals surface area contributed by atoms with Crippen LogP contribution in [0.5, 0.6) is 5.75 Å². The molecule has 35 heavy (non-hydrogen) atoms. The first-order chi connectivity index (χ1) is 17.0. The van der Waals surface area contributed by atoms with Crippen molar-refractivity contribution in [3.63, 3.8) is 0 Å². The fourth-order valence-electron chi connectivity index (χ4n) is 4.54. The lowest BCUT2D eigenvalue weighted by Crippen LogP contribution is -2.55. The summed E-state index contributed by atoms with van der Waals surface area (Å²) in [6.07, 6.45) is 3.95. The van der Waals surface area contributed by atoms with Crippen molar-refractivity contribution in [2.75, 3.05) is 13.1 Å². The van der Waals surface area contributed by atoms with E-state index >= 15 is 0 Å². The van der Waals surface area contributed by atoms with Gasteiger partial charge >= 0.3 is 6.03 Å². The standard InChI is InChI=1S/C23H17IN6O5/c24-35-14-1-2-15-12(7-14)5-6-30(20(15)31)11-23(21(32)28-22(33)29-23)19-8-17-18(34-19)4-3-16(27-17)13-9-25-26-10-13/h1-4,7-10H,5-6,11H2,(H,25,26)(H2,28,29,32,33)/t23-/m0/s1. The summed E-state index contributed by atoms with van der Waals surface area (Å²) in [5, 5.41) is 11.7. The molecule has 0 bridgehead atoms. The molecular weight excluding hydrogens is 567 g/mol. The third-order valence-electron chi connectivity index (χ3n) is 6.29. The Labute approximate surface area is 211 Å². The number of H-pyrrole nitrogens is 1. The molecule has 0 spiro atoms. The Kier molecular flexibility index (Phi) is 4.98. The number of rotatable bonds is 5. The Bertz CT molecular complexity index is 1500. The lowest BCUT2D eigenvalue weighted by Gasteiger charge is -2.34. The van der Waals surface area contributed by atoms with Crippen molar-refractivity contribution < 1.29 is 21.9 Å². The van der Waals surface area contributed by atoms with Crippen LogP contribution in [0.2, 0.25) is 0 Å². The fraction of sp³-hybridized carbons (Fsp3) is 0.174. The normalized spacial score (nSPS) is 19.6. The number of imide groups is 1. The van der Waals surface area contributed by atoms with Gasteiger partial charge in [0, 0.05) is 29.9 Å². The number of carbonyl (C=O) groups excluding carboxylic acids is 3. The Morgan fingerprint density at radius 2 is 2.06 bits per heavy atom. The quantitative estimate of drug-likeness (QED) is 0.242. The number of aromatic amines is 1. The van der Waals surface area contributed by atoms with E-state index in [4.69, 9.17) is 7.48 Å². The summed E-state index contributed by atoms with van der Waals surface area (Å²) in [4.78, 5) is 44.8. The molecular formula is C23H17IN6O5. The van der Waals surface area contributed by atoms with Crippen LogP contribution >= 0.6 is 23.0 Å². The van der Waals surface area contributed by atoms with Crippen LogP contribution in [-0.4, -0.2) is 51.0 Å². The summed E-state index contributed by atoms with van der Waals surface area (Å²) in [6.45, 7) is 0.270. The predicted molar refractivity (Wildman–Crippen MR) is 131 cm³/mol. The number of hydrogen-bond donors (Lipinski definition) is 3. The van der Waals surface area contributed by atoms with Crippen LogP contribution in [0.15, 0.2) is 53.2 Å². The van der Waals surface area contributed by atoms with Crippen molar-refractivity contribution in [3.8, 4) is 17.0 Å². The molecule has 1 atom stereocenters. The monoisotopic (exact) mass is 584 g/mol. The number of halogens is 1. The summed E-state index contributed by atoms with van der Waals surface area (Å²) in [5.41, 5.74) is 2.23. The number of urea groups is 1. The van der Waals surface area contributed by atoms with Crippen LogP contribution in [0.4, 0.5) is 4.79 Å². The minimum Gasteiger partial charge on any atom is -0.456 e. The minimum absolute atomic E-state index is 0.0954. The second kappa shape index (κ2) is 8.08. The van der Waals surface area contributed by atoms with Gasteiger partial charge < -0.3 is 17.7 Å². The molecule has 6 rings (SSSR count). The van der Waals surface area contributed by atoms with E-state index in [9.17, 15) is 14.4 Å². The SMILES string of the molecule is O=C1NC(=O)[C@](CN2CCc3cc(OI)ccc3C2=O)(c2cc3nc(-c4cn[nH]c4)ccc3o2)N1. The first-order valence-electron chi connectivity index (χ1n) is 10.7. The van der Waals surface area contributed by atoms with Crippen LogP contribution in [0.3, 0.4) is 0 Å². The van der Waals surface area contributed by atoms with Gasteiger partial charge in [-0.05, 0) is 42.3 Å². The van der Waals surface area contributed by atoms with Crippen molar-refractivity contribution in [2.24, 2.45) is 0 Å². The van der Waals surface area contributed by atoms with Gasteiger partial charge in [-0.25, -0.2) is 9.78 Å². The molecule has 0 unspecified atom stereocenters. The number of benzene rings is 1. The van der Waals surface area contributed by atoms with E-state index in [2.05, 4.69) is 25.8 Å². The number of carbonyl (C=O) groups is 3. The topological polar surface area (TPSA) is 142 Å². The molecule has 1 fully saturated rings. The average molecular weight is 584 g/mol. The van der Waals surface area contributed by atoms with E-state index in [1.165, 1.54) is 0 Å². The second-order valence-electron chi connectivity index (χ2n) is 8.36. The smallest absolute Gasteiger partial charge is 0.322 e. The molecule has 0 radical (unpaired) electrons. The van der Waals surface area contributed by atoms with E-state index in [1.54, 1.807) is 70.6 Å². The van der Waals surface area contributed by atoms with E-state index in [0.717, 1.165) is 11.1 Å². The number of amides is 4. The minimum atomic E-state index is -1.59. The summed E-state index contributed by atoms with van der Waals surface area (Å²) in [7, 11) is 0. The van der Waals surface area contributed by atoms with Crippen molar-refractivity contribution in [2.45, 2.75) is 12.0 Å². The van der Waals surface area contributed by atoms with Crippen LogP contribution < -0.4 is 13.7 Å². The maximum Gasteiger partial charge on any atom is 0.322 e. The van der Waals surface area contributed by atoms with Gasteiger partial charge in [0.05, 0.1) is 18.4 Å². The van der Waals surface area contributed by atoms with Gasteiger partial charge in [0.25, 0.3) is 11.8 Å². The van der Waals surface area contributed by atoms with Gasteiger partial charge in [-0.15, -0.1) is 0 Å². The van der Waals surface area contributed by atoms with Crippen LogP contribution in [-0.2, 0) is 16.8 Å². The van der Waals surface area contributed by atoms with Crippen LogP contribution in [0.1, 0.15) is 21.7 Å². The van der Waals surface area contributed by atoms with Gasteiger partial charge in [-0.3, -0.25) is 20.0 Å². The molecule has 176 valence electrons. The fourth-order valence-corrected chi connectivity index (χ4v) is 4.81. The number of nitrogens with zero attached hydrogens (tertiary/aromatic N) is 3. The predicted octanol–water partition coefficient (Wildman–Crippen LogP) is 2.68. The Morgan fingerprint density at radius 3 is 2.80 bits per heavy atom. The molecule has 0 saturated carbocycles. The van der Waals surface area contributed by atoms with Crippen molar-refractivity contribution in [3.05, 3.63) is 65.7 Å². The molecule has 11 nitrogen and oxygen atoms in total. The molecule has 3 N–H and O–H groups in total. The highest BCUT2D eigenvalue weighted by molar-refractivity contribution is 14.1. The van der Waals surface area contributed by atoms with E-state index in [-0.39, 0.29) is 18.2 Å². The third-order valence-corrected chi connectivity index (χ3v) is 6.80. The highest BCUT2D eigenvalue weighted by Crippen LogP contribution is 2.34. The van der Waals surface area contributed by atoms with Crippen molar-refractivity contribution in [1.29, 1.82) is 0 Å². The molecule has 4 amide bonds. The van der Waals surface area contributed by atoms with Crippen LogP contribution in [0.25, 0.3) is 22.4 Å². The Morgan fingerprint density at radius 1 is 1.17 bits per heavy atom. The van der Waals surface area contributed by atoms with Gasteiger partial charge in [0.15, 0.2) is 34.1 Å². The van der Waals surface area contributed by atoms with Crippen molar-refractivity contribution in [1.82, 2.24) is 30.7 Å². The number of pyridine rings is 1. The summed E-state index contributed by atoms with van der Waals surface area (Å²) in [6, 6.07) is 9.74. The molecule has 1 saturated heterocycles. The number of furan rings is 1. The van der Waals surface area contributed by atoms with Crippen LogP contribution in [0, 0.1) is 0 Å². The number of aromatic nitrogens is 3. The highest BCUT2D eigenvalue weighted by atomic mass is 127. The van der Waals surface area contributed by atoms with Gasteiger partial charge in [-0.2, -0.15) is 5.10 Å². The Balaban J connectivity index is 1.38. The molecule has 2 aliphatic rings. The summed E-state index contributed by atoms with van der Waals surface area (Å²) >= 11 is 1.79. The molecule has 1 aromatic carbocycles. The zero-order chi connectivity index (χ0) is 24.2. The zero-order valence-corrected chi connectivity index (χ0v) is 20.2. The summed E-state index contributed by atoms with van der Waals surface area (Å²) < 4.78 is 11.2. The van der Waals surface area contributed by atoms with Gasteiger partial charge in [0.1, 0.15) is 17.0 Å². The summed E-state index contributed by atoms with van der Waals surface area (Å²) in [5.74, 6) is 0.0222.